The molecule has 1 amide bonds. The number of nitrogens with one attached hydrogen (secondary N) is 2. The normalized spacial score (nSPS) is 18.7. The van der Waals surface area contributed by atoms with Crippen LogP contribution in [0.15, 0.2) is 42.5 Å². The Morgan fingerprint density at radius 3 is 2.45 bits per heavy atom. The van der Waals surface area contributed by atoms with Crippen molar-refractivity contribution in [1.82, 2.24) is 10.6 Å². The number of hydrogen-bond donors (Lipinski definition) is 2. The van der Waals surface area contributed by atoms with E-state index in [9.17, 15) is 18.0 Å². The average molecular weight is 419 g/mol. The van der Waals surface area contributed by atoms with Crippen molar-refractivity contribution in [3.8, 4) is 0 Å². The fraction of sp³-hybridized carbons (Fsp3) is 0.429. The highest BCUT2D eigenvalue weighted by atomic mass is 32.2. The molecule has 1 saturated heterocycles. The Kier molecular flexibility index (Phi) is 6.24. The van der Waals surface area contributed by atoms with E-state index in [4.69, 9.17) is 4.74 Å². The Hall–Kier alpha value is -2.45. The lowest BCUT2D eigenvalue weighted by molar-refractivity contribution is -0.149. The molecule has 2 N–H and O–H groups in total. The summed E-state index contributed by atoms with van der Waals surface area (Å²) >= 11 is 0. The van der Waals surface area contributed by atoms with Gasteiger partial charge in [0.2, 0.25) is 5.91 Å². The van der Waals surface area contributed by atoms with Crippen molar-refractivity contribution in [2.24, 2.45) is 0 Å². The summed E-state index contributed by atoms with van der Waals surface area (Å²) < 4.78 is 28.3. The van der Waals surface area contributed by atoms with Gasteiger partial charge in [-0.05, 0) is 36.1 Å². The summed E-state index contributed by atoms with van der Waals surface area (Å²) in [6, 6.07) is 13.7. The molecular formula is C21H26N2O5S. The number of rotatable bonds is 6. The van der Waals surface area contributed by atoms with Gasteiger partial charge in [-0.15, -0.1) is 0 Å². The first-order valence-corrected chi connectivity index (χ1v) is 11.4. The van der Waals surface area contributed by atoms with Crippen LogP contribution in [0.4, 0.5) is 0 Å². The van der Waals surface area contributed by atoms with Gasteiger partial charge >= 0.3 is 5.97 Å². The zero-order chi connectivity index (χ0) is 21.1. The second kappa shape index (κ2) is 8.51. The predicted molar refractivity (Wildman–Crippen MR) is 111 cm³/mol. The number of amides is 1. The number of benzene rings is 2. The molecule has 1 atom stereocenters. The van der Waals surface area contributed by atoms with E-state index in [0.717, 1.165) is 16.3 Å². The molecule has 0 aliphatic carbocycles. The Balaban J connectivity index is 1.67. The summed E-state index contributed by atoms with van der Waals surface area (Å²) in [6.45, 7) is 1.80. The van der Waals surface area contributed by atoms with Crippen molar-refractivity contribution in [1.29, 1.82) is 0 Å². The Morgan fingerprint density at radius 1 is 1.10 bits per heavy atom. The van der Waals surface area contributed by atoms with Crippen molar-refractivity contribution in [2.75, 3.05) is 25.2 Å². The monoisotopic (exact) mass is 418 g/mol. The smallest absolute Gasteiger partial charge is 0.326 e. The quantitative estimate of drug-likeness (QED) is 0.693. The molecule has 1 heterocycles. The standard InChI is InChI=1S/C21H26N2O5S/c1-15(17-9-5-7-16-6-3-4-8-18(16)17)23-19(24)14-22-21(20(25)28-2)10-12-29(26,27)13-11-21/h3-9,15,22H,10-14H2,1-2H3,(H,23,24)/t15-/m0/s1. The minimum absolute atomic E-state index is 0.0914. The maximum atomic E-state index is 12.5. The highest BCUT2D eigenvalue weighted by molar-refractivity contribution is 7.91. The molecule has 0 bridgehead atoms. The molecule has 3 rings (SSSR count). The van der Waals surface area contributed by atoms with Crippen LogP contribution in [0.2, 0.25) is 0 Å². The Bertz CT molecular complexity index is 999. The van der Waals surface area contributed by atoms with Crippen LogP contribution >= 0.6 is 0 Å². The third kappa shape index (κ3) is 4.76. The lowest BCUT2D eigenvalue weighted by Crippen LogP contribution is -2.59. The van der Waals surface area contributed by atoms with E-state index in [-0.39, 0.29) is 42.8 Å². The van der Waals surface area contributed by atoms with Crippen LogP contribution in [0.25, 0.3) is 10.8 Å². The summed E-state index contributed by atoms with van der Waals surface area (Å²) in [5.41, 5.74) is -0.150. The summed E-state index contributed by atoms with van der Waals surface area (Å²) in [4.78, 5) is 24.8. The van der Waals surface area contributed by atoms with E-state index in [1.54, 1.807) is 0 Å². The van der Waals surface area contributed by atoms with Gasteiger partial charge in [-0.1, -0.05) is 42.5 Å². The van der Waals surface area contributed by atoms with Crippen molar-refractivity contribution in [3.05, 3.63) is 48.0 Å². The van der Waals surface area contributed by atoms with Gasteiger partial charge in [-0.3, -0.25) is 14.9 Å². The molecule has 1 aliphatic heterocycles. The van der Waals surface area contributed by atoms with Gasteiger partial charge in [-0.25, -0.2) is 8.42 Å². The van der Waals surface area contributed by atoms with Gasteiger partial charge in [0.15, 0.2) is 0 Å². The third-order valence-electron chi connectivity index (χ3n) is 5.51. The maximum absolute atomic E-state index is 12.5. The first-order chi connectivity index (χ1) is 13.8. The minimum atomic E-state index is -3.16. The number of carbonyl (C=O) groups is 2. The molecule has 0 radical (unpaired) electrons. The molecule has 0 unspecified atom stereocenters. The van der Waals surface area contributed by atoms with Crippen LogP contribution in [-0.2, 0) is 24.2 Å². The summed E-state index contributed by atoms with van der Waals surface area (Å²) in [7, 11) is -1.90. The molecule has 156 valence electrons. The van der Waals surface area contributed by atoms with E-state index >= 15 is 0 Å². The molecule has 29 heavy (non-hydrogen) atoms. The van der Waals surface area contributed by atoms with Crippen LogP contribution < -0.4 is 10.6 Å². The van der Waals surface area contributed by atoms with Gasteiger partial charge in [-0.2, -0.15) is 0 Å². The first kappa shape index (κ1) is 21.3. The van der Waals surface area contributed by atoms with Gasteiger partial charge in [0.05, 0.1) is 31.2 Å². The SMILES string of the molecule is COC(=O)C1(NCC(=O)N[C@@H](C)c2cccc3ccccc23)CCS(=O)(=O)CC1. The zero-order valence-electron chi connectivity index (χ0n) is 16.6. The molecule has 0 saturated carbocycles. The summed E-state index contributed by atoms with van der Waals surface area (Å²) in [6.07, 6.45) is 0.183. The maximum Gasteiger partial charge on any atom is 0.326 e. The molecule has 2 aromatic carbocycles. The molecule has 1 aliphatic rings. The summed E-state index contributed by atoms with van der Waals surface area (Å²) in [5.74, 6) is -1.03. The number of methoxy groups -OCH3 is 1. The second-order valence-electron chi connectivity index (χ2n) is 7.44. The lowest BCUT2D eigenvalue weighted by atomic mass is 9.92. The van der Waals surface area contributed by atoms with E-state index in [1.807, 2.05) is 49.4 Å². The van der Waals surface area contributed by atoms with Gasteiger partial charge in [0, 0.05) is 0 Å². The van der Waals surface area contributed by atoms with E-state index in [0.29, 0.717) is 0 Å². The van der Waals surface area contributed by atoms with Gasteiger partial charge in [0.25, 0.3) is 0 Å². The van der Waals surface area contributed by atoms with Crippen LogP contribution in [-0.4, -0.2) is 51.0 Å². The number of carbonyl (C=O) groups excluding carboxylic acids is 2. The fourth-order valence-electron chi connectivity index (χ4n) is 3.78. The van der Waals surface area contributed by atoms with Gasteiger partial charge < -0.3 is 10.1 Å². The molecule has 7 nitrogen and oxygen atoms in total. The zero-order valence-corrected chi connectivity index (χ0v) is 17.4. The molecular weight excluding hydrogens is 392 g/mol. The van der Waals surface area contributed by atoms with Crippen molar-refractivity contribution in [3.63, 3.8) is 0 Å². The van der Waals surface area contributed by atoms with Crippen molar-refractivity contribution < 1.29 is 22.7 Å². The number of hydrogen-bond acceptors (Lipinski definition) is 6. The lowest BCUT2D eigenvalue weighted by Gasteiger charge is -2.35. The molecule has 0 aromatic heterocycles. The van der Waals surface area contributed by atoms with Crippen LogP contribution in [0.1, 0.15) is 31.4 Å². The van der Waals surface area contributed by atoms with Crippen LogP contribution in [0, 0.1) is 0 Å². The summed E-state index contributed by atoms with van der Waals surface area (Å²) in [5, 5.41) is 8.08. The Morgan fingerprint density at radius 2 is 1.76 bits per heavy atom. The molecule has 1 fully saturated rings. The predicted octanol–water partition coefficient (Wildman–Crippen LogP) is 1.73. The van der Waals surface area contributed by atoms with Crippen LogP contribution in [0.5, 0.6) is 0 Å². The number of fused-ring (bicyclic) bond motifs is 1. The van der Waals surface area contributed by atoms with E-state index < -0.39 is 21.3 Å². The second-order valence-corrected chi connectivity index (χ2v) is 9.74. The van der Waals surface area contributed by atoms with Crippen LogP contribution in [0.3, 0.4) is 0 Å². The first-order valence-electron chi connectivity index (χ1n) is 9.57. The minimum Gasteiger partial charge on any atom is -0.468 e. The number of esters is 1. The van der Waals surface area contributed by atoms with Crippen molar-refractivity contribution in [2.45, 2.75) is 31.3 Å². The molecule has 0 spiro atoms. The highest BCUT2D eigenvalue weighted by Crippen LogP contribution is 2.26. The van der Waals surface area contributed by atoms with Crippen molar-refractivity contribution >= 4 is 32.5 Å². The largest absolute Gasteiger partial charge is 0.468 e. The highest BCUT2D eigenvalue weighted by Gasteiger charge is 2.44. The topological polar surface area (TPSA) is 102 Å². The van der Waals surface area contributed by atoms with E-state index in [1.165, 1.54) is 7.11 Å². The van der Waals surface area contributed by atoms with Gasteiger partial charge in [0.1, 0.15) is 15.4 Å². The Labute approximate surface area is 170 Å². The molecule has 8 heteroatoms. The average Bonchev–Trinajstić information content (AvgIpc) is 2.72. The van der Waals surface area contributed by atoms with E-state index in [2.05, 4.69) is 10.6 Å². The fourth-order valence-corrected chi connectivity index (χ4v) is 5.31. The number of sulfone groups is 1. The molecule has 2 aromatic rings. The third-order valence-corrected chi connectivity index (χ3v) is 7.16. The number of ether oxygens (including phenoxy) is 1.